The third-order valence-corrected chi connectivity index (χ3v) is 3.54. The summed E-state index contributed by atoms with van der Waals surface area (Å²) in [6.07, 6.45) is 4.65. The summed E-state index contributed by atoms with van der Waals surface area (Å²) in [5.74, 6) is 1.85. The second-order valence-electron chi connectivity index (χ2n) is 6.00. The third kappa shape index (κ3) is 5.47. The predicted octanol–water partition coefficient (Wildman–Crippen LogP) is 2.44. The van der Waals surface area contributed by atoms with E-state index in [9.17, 15) is 0 Å². The number of hydrogen-bond acceptors (Lipinski definition) is 4. The van der Waals surface area contributed by atoms with Gasteiger partial charge in [0.1, 0.15) is 5.82 Å². The molecule has 1 aromatic rings. The normalized spacial score (nSPS) is 14.8. The number of likely N-dealkylation sites (N-methyl/N-ethyl adjacent to an activating group) is 1. The number of hydrogen-bond donors (Lipinski definition) is 1. The van der Waals surface area contributed by atoms with Crippen molar-refractivity contribution < 1.29 is 4.74 Å². The van der Waals surface area contributed by atoms with E-state index in [2.05, 4.69) is 48.2 Å². The van der Waals surface area contributed by atoms with Gasteiger partial charge in [0, 0.05) is 39.0 Å². The number of rotatable bonds is 9. The highest BCUT2D eigenvalue weighted by Gasteiger charge is 2.20. The molecule has 1 N–H and O–H groups in total. The van der Waals surface area contributed by atoms with Gasteiger partial charge in [-0.25, -0.2) is 4.98 Å². The molecule has 1 fully saturated rings. The molecule has 1 aliphatic rings. The van der Waals surface area contributed by atoms with Gasteiger partial charge >= 0.3 is 0 Å². The third-order valence-electron chi connectivity index (χ3n) is 3.54. The zero-order chi connectivity index (χ0) is 14.4. The van der Waals surface area contributed by atoms with Crippen LogP contribution < -0.4 is 10.2 Å². The molecule has 0 unspecified atom stereocenters. The number of pyridine rings is 1. The Balaban J connectivity index is 1.70. The minimum absolute atomic E-state index is 0.501. The highest BCUT2D eigenvalue weighted by molar-refractivity contribution is 5.38. The first kappa shape index (κ1) is 15.3. The van der Waals surface area contributed by atoms with Crippen molar-refractivity contribution in [1.29, 1.82) is 0 Å². The van der Waals surface area contributed by atoms with E-state index in [1.54, 1.807) is 0 Å². The van der Waals surface area contributed by atoms with Gasteiger partial charge in [-0.2, -0.15) is 0 Å². The Bertz CT molecular complexity index is 387. The maximum Gasteiger partial charge on any atom is 0.128 e. The smallest absolute Gasteiger partial charge is 0.128 e. The van der Waals surface area contributed by atoms with Gasteiger partial charge in [-0.3, -0.25) is 0 Å². The van der Waals surface area contributed by atoms with Gasteiger partial charge in [-0.05, 0) is 30.4 Å². The fourth-order valence-electron chi connectivity index (χ4n) is 1.92. The van der Waals surface area contributed by atoms with Crippen molar-refractivity contribution in [2.45, 2.75) is 39.3 Å². The van der Waals surface area contributed by atoms with Gasteiger partial charge in [0.25, 0.3) is 0 Å². The van der Waals surface area contributed by atoms with Gasteiger partial charge in [-0.15, -0.1) is 0 Å². The lowest BCUT2D eigenvalue weighted by Gasteiger charge is -2.18. The Morgan fingerprint density at radius 3 is 2.80 bits per heavy atom. The van der Waals surface area contributed by atoms with Crippen LogP contribution in [0.15, 0.2) is 18.3 Å². The fourth-order valence-corrected chi connectivity index (χ4v) is 1.92. The molecule has 1 heterocycles. The predicted molar refractivity (Wildman–Crippen MR) is 83.0 cm³/mol. The van der Waals surface area contributed by atoms with Crippen molar-refractivity contribution in [3.63, 3.8) is 0 Å². The molecule has 20 heavy (non-hydrogen) atoms. The highest BCUT2D eigenvalue weighted by Crippen LogP contribution is 2.28. The summed E-state index contributed by atoms with van der Waals surface area (Å²) in [5, 5.41) is 3.40. The van der Waals surface area contributed by atoms with E-state index in [1.165, 1.54) is 18.4 Å². The quantitative estimate of drug-likeness (QED) is 0.704. The molecule has 0 atom stereocenters. The number of anilines is 1. The van der Waals surface area contributed by atoms with E-state index in [1.807, 2.05) is 6.20 Å². The Morgan fingerprint density at radius 2 is 2.20 bits per heavy atom. The van der Waals surface area contributed by atoms with E-state index in [-0.39, 0.29) is 0 Å². The van der Waals surface area contributed by atoms with Crippen LogP contribution in [-0.2, 0) is 11.3 Å². The molecule has 1 aromatic heterocycles. The minimum Gasteiger partial charge on any atom is -0.379 e. The molecule has 0 bridgehead atoms. The molecule has 0 saturated heterocycles. The lowest BCUT2D eigenvalue weighted by Crippen LogP contribution is -2.24. The summed E-state index contributed by atoms with van der Waals surface area (Å²) in [7, 11) is 2.06. The van der Waals surface area contributed by atoms with E-state index in [4.69, 9.17) is 4.74 Å². The second kappa shape index (κ2) is 7.60. The van der Waals surface area contributed by atoms with Crippen LogP contribution in [0, 0.1) is 5.92 Å². The lowest BCUT2D eigenvalue weighted by molar-refractivity contribution is 0.131. The van der Waals surface area contributed by atoms with Gasteiger partial charge in [0.15, 0.2) is 0 Å². The van der Waals surface area contributed by atoms with Crippen LogP contribution in [0.25, 0.3) is 0 Å². The monoisotopic (exact) mass is 277 g/mol. The van der Waals surface area contributed by atoms with Crippen molar-refractivity contribution >= 4 is 5.82 Å². The standard InChI is InChI=1S/C16H27N3O/c1-13(2)17-10-15-6-7-16(18-11-15)19(3)8-9-20-12-14-4-5-14/h6-7,11,13-14,17H,4-5,8-10,12H2,1-3H3. The highest BCUT2D eigenvalue weighted by atomic mass is 16.5. The first-order valence-corrected chi connectivity index (χ1v) is 7.62. The zero-order valence-corrected chi connectivity index (χ0v) is 12.9. The molecular weight excluding hydrogens is 250 g/mol. The molecule has 0 aliphatic heterocycles. The molecule has 2 rings (SSSR count). The topological polar surface area (TPSA) is 37.4 Å². The van der Waals surface area contributed by atoms with Gasteiger partial charge in [0.05, 0.1) is 6.61 Å². The van der Waals surface area contributed by atoms with Crippen molar-refractivity contribution in [3.05, 3.63) is 23.9 Å². The molecule has 0 radical (unpaired) electrons. The molecule has 0 amide bonds. The molecule has 0 aromatic carbocycles. The maximum atomic E-state index is 5.66. The van der Waals surface area contributed by atoms with Crippen LogP contribution in [0.2, 0.25) is 0 Å². The SMILES string of the molecule is CC(C)NCc1ccc(N(C)CCOCC2CC2)nc1. The van der Waals surface area contributed by atoms with Crippen molar-refractivity contribution in [2.75, 3.05) is 31.7 Å². The van der Waals surface area contributed by atoms with Crippen LogP contribution in [0.4, 0.5) is 5.82 Å². The lowest BCUT2D eigenvalue weighted by atomic mass is 10.2. The van der Waals surface area contributed by atoms with Gasteiger partial charge in [-0.1, -0.05) is 19.9 Å². The number of nitrogens with zero attached hydrogens (tertiary/aromatic N) is 2. The summed E-state index contributed by atoms with van der Waals surface area (Å²) in [5.41, 5.74) is 1.22. The molecule has 4 heteroatoms. The number of aromatic nitrogens is 1. The van der Waals surface area contributed by atoms with E-state index >= 15 is 0 Å². The summed E-state index contributed by atoms with van der Waals surface area (Å²) >= 11 is 0. The van der Waals surface area contributed by atoms with Gasteiger partial charge in [0.2, 0.25) is 0 Å². The fraction of sp³-hybridized carbons (Fsp3) is 0.688. The molecule has 1 aliphatic carbocycles. The molecule has 0 spiro atoms. The van der Waals surface area contributed by atoms with Crippen LogP contribution in [0.3, 0.4) is 0 Å². The molecule has 4 nitrogen and oxygen atoms in total. The van der Waals surface area contributed by atoms with E-state index in [0.717, 1.165) is 38.0 Å². The zero-order valence-electron chi connectivity index (χ0n) is 12.9. The first-order valence-electron chi connectivity index (χ1n) is 7.62. The average molecular weight is 277 g/mol. The molecular formula is C16H27N3O. The van der Waals surface area contributed by atoms with Gasteiger partial charge < -0.3 is 15.0 Å². The van der Waals surface area contributed by atoms with E-state index < -0.39 is 0 Å². The number of nitrogens with one attached hydrogen (secondary N) is 1. The van der Waals surface area contributed by atoms with Crippen LogP contribution in [0.1, 0.15) is 32.3 Å². The number of ether oxygens (including phenoxy) is 1. The van der Waals surface area contributed by atoms with Crippen molar-refractivity contribution in [2.24, 2.45) is 5.92 Å². The summed E-state index contributed by atoms with van der Waals surface area (Å²) in [6, 6.07) is 4.72. The first-order chi connectivity index (χ1) is 9.65. The second-order valence-corrected chi connectivity index (χ2v) is 6.00. The summed E-state index contributed by atoms with van der Waals surface area (Å²) in [4.78, 5) is 6.66. The van der Waals surface area contributed by atoms with Crippen LogP contribution in [0.5, 0.6) is 0 Å². The van der Waals surface area contributed by atoms with Crippen molar-refractivity contribution in [1.82, 2.24) is 10.3 Å². The van der Waals surface area contributed by atoms with E-state index in [0.29, 0.717) is 6.04 Å². The largest absolute Gasteiger partial charge is 0.379 e. The molecule has 112 valence electrons. The maximum absolute atomic E-state index is 5.66. The molecule has 1 saturated carbocycles. The summed E-state index contributed by atoms with van der Waals surface area (Å²) < 4.78 is 5.66. The Kier molecular flexibility index (Phi) is 5.80. The average Bonchev–Trinajstić information content (AvgIpc) is 3.26. The minimum atomic E-state index is 0.501. The van der Waals surface area contributed by atoms with Crippen molar-refractivity contribution in [3.8, 4) is 0 Å². The van der Waals surface area contributed by atoms with Crippen LogP contribution in [-0.4, -0.2) is 37.8 Å². The summed E-state index contributed by atoms with van der Waals surface area (Å²) in [6.45, 7) is 7.78. The Labute approximate surface area is 122 Å². The van der Waals surface area contributed by atoms with Crippen LogP contribution >= 0.6 is 0 Å². The Hall–Kier alpha value is -1.13. The Morgan fingerprint density at radius 1 is 1.40 bits per heavy atom.